The summed E-state index contributed by atoms with van der Waals surface area (Å²) in [5.74, 6) is -0.422. The number of carbonyl (C=O) groups excluding carboxylic acids is 1. The van der Waals surface area contributed by atoms with Crippen LogP contribution in [0.4, 0.5) is 10.8 Å². The van der Waals surface area contributed by atoms with Gasteiger partial charge in [-0.25, -0.2) is 9.67 Å². The zero-order valence-electron chi connectivity index (χ0n) is 18.0. The number of anilines is 1. The summed E-state index contributed by atoms with van der Waals surface area (Å²) in [6.45, 7) is 5.52. The molecule has 9 nitrogen and oxygen atoms in total. The zero-order chi connectivity index (χ0) is 23.7. The number of rotatable bonds is 6. The van der Waals surface area contributed by atoms with Crippen molar-refractivity contribution in [2.75, 3.05) is 5.32 Å². The molecule has 0 aliphatic carbocycles. The second kappa shape index (κ2) is 9.08. The lowest BCUT2D eigenvalue weighted by molar-refractivity contribution is -0.384. The van der Waals surface area contributed by atoms with Crippen LogP contribution in [0.25, 0.3) is 5.69 Å². The third-order valence-electron chi connectivity index (χ3n) is 5.11. The number of hydrogen-bond donors (Lipinski definition) is 1. The molecule has 0 atom stereocenters. The van der Waals surface area contributed by atoms with Gasteiger partial charge in [0.25, 0.3) is 11.6 Å². The van der Waals surface area contributed by atoms with Gasteiger partial charge in [0.15, 0.2) is 10.8 Å². The van der Waals surface area contributed by atoms with Crippen molar-refractivity contribution in [3.8, 4) is 5.69 Å². The maximum Gasteiger partial charge on any atom is 0.279 e. The lowest BCUT2D eigenvalue weighted by Gasteiger charge is -2.07. The monoisotopic (exact) mass is 482 g/mol. The average molecular weight is 483 g/mol. The van der Waals surface area contributed by atoms with Gasteiger partial charge in [-0.05, 0) is 44.0 Å². The number of nitrogens with one attached hydrogen (secondary N) is 1. The number of halogens is 1. The van der Waals surface area contributed by atoms with E-state index in [0.29, 0.717) is 22.3 Å². The molecule has 11 heteroatoms. The minimum absolute atomic E-state index is 0.0386. The summed E-state index contributed by atoms with van der Waals surface area (Å²) in [4.78, 5) is 28.8. The number of hydrogen-bond acceptors (Lipinski definition) is 7. The summed E-state index contributed by atoms with van der Waals surface area (Å²) in [5, 5.41) is 23.0. The molecule has 2 aromatic carbocycles. The topological polar surface area (TPSA) is 116 Å². The quantitative estimate of drug-likeness (QED) is 0.303. The standard InChI is InChI=1S/C22H19ClN6O3S/c1-12-7-8-16(23)11-18(12)28-14(3)20(26-27-28)21(30)25-22-24-13(2)19(33-22)10-15-5-4-6-17(9-15)29(31)32/h4-9,11H,10H2,1-3H3,(H,24,25,30). The SMILES string of the molecule is Cc1ccc(Cl)cc1-n1nnc(C(=O)Nc2nc(C)c(Cc3cccc([N+](=O)[O-])c3)s2)c1C. The third kappa shape index (κ3) is 4.76. The molecule has 0 fully saturated rings. The Labute approximate surface area is 198 Å². The van der Waals surface area contributed by atoms with Crippen LogP contribution in [0.15, 0.2) is 42.5 Å². The van der Waals surface area contributed by atoms with Crippen molar-refractivity contribution in [3.05, 3.63) is 90.7 Å². The summed E-state index contributed by atoms with van der Waals surface area (Å²) in [6.07, 6.45) is 0.476. The minimum atomic E-state index is -0.422. The summed E-state index contributed by atoms with van der Waals surface area (Å²) in [5.41, 5.74) is 4.03. The van der Waals surface area contributed by atoms with Gasteiger partial charge >= 0.3 is 0 Å². The van der Waals surface area contributed by atoms with Crippen molar-refractivity contribution < 1.29 is 9.72 Å². The number of carbonyl (C=O) groups is 1. The Hall–Kier alpha value is -3.63. The smallest absolute Gasteiger partial charge is 0.279 e. The number of non-ortho nitro benzene ring substituents is 1. The van der Waals surface area contributed by atoms with E-state index >= 15 is 0 Å². The number of nitro benzene ring substituents is 1. The van der Waals surface area contributed by atoms with Gasteiger partial charge < -0.3 is 0 Å². The third-order valence-corrected chi connectivity index (χ3v) is 6.42. The van der Waals surface area contributed by atoms with Crippen molar-refractivity contribution in [1.29, 1.82) is 0 Å². The molecule has 1 amide bonds. The molecule has 2 aromatic heterocycles. The van der Waals surface area contributed by atoms with Crippen LogP contribution in [0.2, 0.25) is 5.02 Å². The van der Waals surface area contributed by atoms with Gasteiger partial charge in [0, 0.05) is 28.5 Å². The summed E-state index contributed by atoms with van der Waals surface area (Å²) < 4.78 is 1.58. The molecular weight excluding hydrogens is 464 g/mol. The van der Waals surface area contributed by atoms with Gasteiger partial charge in [0.05, 0.1) is 22.0 Å². The number of benzene rings is 2. The van der Waals surface area contributed by atoms with Crippen LogP contribution in [0, 0.1) is 30.9 Å². The Morgan fingerprint density at radius 3 is 2.76 bits per heavy atom. The lowest BCUT2D eigenvalue weighted by atomic mass is 10.1. The predicted octanol–water partition coefficient (Wildman–Crippen LogP) is 5.05. The van der Waals surface area contributed by atoms with Crippen molar-refractivity contribution in [3.63, 3.8) is 0 Å². The van der Waals surface area contributed by atoms with E-state index in [-0.39, 0.29) is 11.4 Å². The molecule has 0 radical (unpaired) electrons. The van der Waals surface area contributed by atoms with Crippen LogP contribution in [-0.4, -0.2) is 30.8 Å². The fourth-order valence-electron chi connectivity index (χ4n) is 3.35. The number of amides is 1. The van der Waals surface area contributed by atoms with Gasteiger partial charge in [-0.15, -0.1) is 16.4 Å². The van der Waals surface area contributed by atoms with Crippen LogP contribution in [0.5, 0.6) is 0 Å². The zero-order valence-corrected chi connectivity index (χ0v) is 19.6. The number of thiazole rings is 1. The molecule has 4 rings (SSSR count). The average Bonchev–Trinajstić information content (AvgIpc) is 3.32. The molecule has 0 saturated heterocycles. The summed E-state index contributed by atoms with van der Waals surface area (Å²) >= 11 is 7.43. The van der Waals surface area contributed by atoms with Gasteiger partial charge in [0.1, 0.15) is 0 Å². The Bertz CT molecular complexity index is 1380. The highest BCUT2D eigenvalue weighted by atomic mass is 35.5. The van der Waals surface area contributed by atoms with Gasteiger partial charge in [-0.2, -0.15) is 0 Å². The molecule has 33 heavy (non-hydrogen) atoms. The maximum absolute atomic E-state index is 12.9. The second-order valence-corrected chi connectivity index (χ2v) is 8.97. The van der Waals surface area contributed by atoms with Crippen molar-refractivity contribution in [2.45, 2.75) is 27.2 Å². The van der Waals surface area contributed by atoms with Crippen molar-refractivity contribution in [1.82, 2.24) is 20.0 Å². The molecular formula is C22H19ClN6O3S. The highest BCUT2D eigenvalue weighted by molar-refractivity contribution is 7.15. The number of aryl methyl sites for hydroxylation is 2. The molecule has 168 valence electrons. The number of nitro groups is 1. The van der Waals surface area contributed by atoms with Crippen LogP contribution >= 0.6 is 22.9 Å². The van der Waals surface area contributed by atoms with E-state index in [1.807, 2.05) is 26.0 Å². The molecule has 2 heterocycles. The number of nitrogens with zero attached hydrogens (tertiary/aromatic N) is 5. The first-order valence-electron chi connectivity index (χ1n) is 9.92. The van der Waals surface area contributed by atoms with Gasteiger partial charge in [0.2, 0.25) is 0 Å². The summed E-state index contributed by atoms with van der Waals surface area (Å²) in [7, 11) is 0. The van der Waals surface area contributed by atoms with Gasteiger partial charge in [-0.1, -0.05) is 35.0 Å². The van der Waals surface area contributed by atoms with Crippen LogP contribution in [0.3, 0.4) is 0 Å². The predicted molar refractivity (Wildman–Crippen MR) is 127 cm³/mol. The Balaban J connectivity index is 1.53. The van der Waals surface area contributed by atoms with E-state index in [9.17, 15) is 14.9 Å². The first-order valence-corrected chi connectivity index (χ1v) is 11.1. The first-order chi connectivity index (χ1) is 15.7. The molecule has 0 aliphatic heterocycles. The fourth-order valence-corrected chi connectivity index (χ4v) is 4.50. The van der Waals surface area contributed by atoms with E-state index < -0.39 is 10.8 Å². The highest BCUT2D eigenvalue weighted by Gasteiger charge is 2.20. The molecule has 0 aliphatic rings. The maximum atomic E-state index is 12.9. The van der Waals surface area contributed by atoms with Crippen molar-refractivity contribution in [2.24, 2.45) is 0 Å². The molecule has 4 aromatic rings. The highest BCUT2D eigenvalue weighted by Crippen LogP contribution is 2.27. The van der Waals surface area contributed by atoms with Gasteiger partial charge in [-0.3, -0.25) is 20.2 Å². The summed E-state index contributed by atoms with van der Waals surface area (Å²) in [6, 6.07) is 11.9. The molecule has 1 N–H and O–H groups in total. The van der Waals surface area contributed by atoms with Crippen molar-refractivity contribution >= 4 is 39.7 Å². The van der Waals surface area contributed by atoms with E-state index in [2.05, 4.69) is 20.6 Å². The minimum Gasteiger partial charge on any atom is -0.296 e. The van der Waals surface area contributed by atoms with Crippen LogP contribution in [-0.2, 0) is 6.42 Å². The largest absolute Gasteiger partial charge is 0.296 e. The fraction of sp³-hybridized carbons (Fsp3) is 0.182. The molecule has 0 bridgehead atoms. The van der Waals surface area contributed by atoms with E-state index in [1.165, 1.54) is 23.5 Å². The molecule has 0 unspecified atom stereocenters. The number of aromatic nitrogens is 4. The van der Waals surface area contributed by atoms with E-state index in [4.69, 9.17) is 11.6 Å². The van der Waals surface area contributed by atoms with E-state index in [1.54, 1.807) is 29.8 Å². The van der Waals surface area contributed by atoms with Crippen LogP contribution < -0.4 is 5.32 Å². The lowest BCUT2D eigenvalue weighted by Crippen LogP contribution is -2.14. The van der Waals surface area contributed by atoms with Crippen LogP contribution in [0.1, 0.15) is 37.9 Å². The first kappa shape index (κ1) is 22.6. The Morgan fingerprint density at radius 1 is 1.21 bits per heavy atom. The molecule has 0 spiro atoms. The van der Waals surface area contributed by atoms with E-state index in [0.717, 1.165) is 27.4 Å². The second-order valence-electron chi connectivity index (χ2n) is 7.45. The Morgan fingerprint density at radius 2 is 2.00 bits per heavy atom. The Kier molecular flexibility index (Phi) is 6.21. The molecule has 0 saturated carbocycles. The normalized spacial score (nSPS) is 10.9.